The minimum Gasteiger partial charge on any atom is -0.494 e. The number of sulfonamides is 1. The summed E-state index contributed by atoms with van der Waals surface area (Å²) < 4.78 is 47.9. The van der Waals surface area contributed by atoms with Gasteiger partial charge in [0.25, 0.3) is 10.0 Å². The third kappa shape index (κ3) is 8.45. The Kier molecular flexibility index (Phi) is 11.8. The summed E-state index contributed by atoms with van der Waals surface area (Å²) in [4.78, 5) is 28.6. The third-order valence-corrected chi connectivity index (χ3v) is 8.81. The van der Waals surface area contributed by atoms with Crippen LogP contribution in [0.5, 0.6) is 5.75 Å². The summed E-state index contributed by atoms with van der Waals surface area (Å²) in [6.45, 7) is 7.31. The molecular formula is C31H37ClFN3O5S. The molecule has 2 atom stereocenters. The molecule has 0 heterocycles. The summed E-state index contributed by atoms with van der Waals surface area (Å²) >= 11 is 6.06. The van der Waals surface area contributed by atoms with E-state index >= 15 is 0 Å². The van der Waals surface area contributed by atoms with Gasteiger partial charge in [-0.15, -0.1) is 0 Å². The average molecular weight is 618 g/mol. The van der Waals surface area contributed by atoms with E-state index in [-0.39, 0.29) is 29.1 Å². The van der Waals surface area contributed by atoms with E-state index in [1.165, 1.54) is 17.0 Å². The molecule has 8 nitrogen and oxygen atoms in total. The molecule has 42 heavy (non-hydrogen) atoms. The Hall–Kier alpha value is -3.63. The van der Waals surface area contributed by atoms with Crippen LogP contribution < -0.4 is 14.4 Å². The lowest BCUT2D eigenvalue weighted by Crippen LogP contribution is -2.53. The molecule has 0 saturated heterocycles. The molecule has 0 bridgehead atoms. The van der Waals surface area contributed by atoms with Crippen molar-refractivity contribution in [3.8, 4) is 5.75 Å². The molecular weight excluding hydrogens is 581 g/mol. The van der Waals surface area contributed by atoms with Gasteiger partial charge in [-0.1, -0.05) is 37.6 Å². The van der Waals surface area contributed by atoms with Crippen LogP contribution in [0.25, 0.3) is 0 Å². The van der Waals surface area contributed by atoms with Crippen molar-refractivity contribution >= 4 is 39.1 Å². The zero-order valence-electron chi connectivity index (χ0n) is 24.2. The number of amides is 2. The Labute approximate surface area is 252 Å². The number of rotatable bonds is 14. The molecule has 0 unspecified atom stereocenters. The maximum Gasteiger partial charge on any atom is 0.264 e. The fourth-order valence-electron chi connectivity index (χ4n) is 4.28. The van der Waals surface area contributed by atoms with E-state index in [1.807, 2.05) is 20.8 Å². The minimum atomic E-state index is -4.32. The van der Waals surface area contributed by atoms with Crippen molar-refractivity contribution in [2.75, 3.05) is 17.5 Å². The van der Waals surface area contributed by atoms with Crippen LogP contribution >= 0.6 is 11.6 Å². The van der Waals surface area contributed by atoms with E-state index < -0.39 is 34.3 Å². The van der Waals surface area contributed by atoms with Crippen LogP contribution in [0.1, 0.15) is 46.1 Å². The van der Waals surface area contributed by atoms with Crippen LogP contribution in [0.3, 0.4) is 0 Å². The van der Waals surface area contributed by atoms with Gasteiger partial charge in [0.05, 0.1) is 17.2 Å². The number of benzene rings is 3. The fourth-order valence-corrected chi connectivity index (χ4v) is 5.83. The van der Waals surface area contributed by atoms with Gasteiger partial charge in [0.1, 0.15) is 24.2 Å². The Morgan fingerprint density at radius 1 is 0.929 bits per heavy atom. The van der Waals surface area contributed by atoms with Gasteiger partial charge in [0.2, 0.25) is 11.8 Å². The number of hydrogen-bond donors (Lipinski definition) is 1. The quantitative estimate of drug-likeness (QED) is 0.247. The van der Waals surface area contributed by atoms with Gasteiger partial charge in [-0.2, -0.15) is 0 Å². The summed E-state index contributed by atoms with van der Waals surface area (Å²) in [5.74, 6) is -0.979. The molecule has 3 aromatic carbocycles. The Balaban J connectivity index is 2.05. The first kappa shape index (κ1) is 32.9. The number of nitrogens with zero attached hydrogens (tertiary/aromatic N) is 2. The average Bonchev–Trinajstić information content (AvgIpc) is 2.97. The van der Waals surface area contributed by atoms with Crippen LogP contribution in [0.2, 0.25) is 5.02 Å². The first-order valence-electron chi connectivity index (χ1n) is 13.9. The van der Waals surface area contributed by atoms with Gasteiger partial charge >= 0.3 is 0 Å². The normalized spacial score (nSPS) is 12.7. The van der Waals surface area contributed by atoms with Crippen LogP contribution in [-0.2, 0) is 26.2 Å². The lowest BCUT2D eigenvalue weighted by Gasteiger charge is -2.33. The van der Waals surface area contributed by atoms with Crippen molar-refractivity contribution in [3.05, 3.63) is 89.2 Å². The standard InChI is InChI=1S/C31H37ClFN3O5S/c1-5-22(4)34-31(38)29(6-2)35(20-23-8-10-24(32)11-9-23)30(37)21-36(26-14-16-27(17-15-26)41-7-3)42(39,40)28-18-12-25(33)13-19-28/h8-19,22,29H,5-7,20-21H2,1-4H3,(H,34,38)/t22-,29-/m0/s1. The number of halogens is 2. The Bertz CT molecular complexity index is 1430. The Morgan fingerprint density at radius 3 is 2.10 bits per heavy atom. The highest BCUT2D eigenvalue weighted by atomic mass is 35.5. The maximum atomic E-state index is 14.1. The predicted octanol–water partition coefficient (Wildman–Crippen LogP) is 5.80. The smallest absolute Gasteiger partial charge is 0.264 e. The van der Waals surface area contributed by atoms with Gasteiger partial charge < -0.3 is 15.0 Å². The molecule has 0 aliphatic rings. The number of carbonyl (C=O) groups is 2. The SMILES string of the molecule is CCOc1ccc(N(CC(=O)N(Cc2ccc(Cl)cc2)[C@@H](CC)C(=O)N[C@@H](C)CC)S(=O)(=O)c2ccc(F)cc2)cc1. The molecule has 0 aliphatic carbocycles. The summed E-state index contributed by atoms with van der Waals surface area (Å²) in [6, 6.07) is 16.6. The highest BCUT2D eigenvalue weighted by Gasteiger charge is 2.34. The van der Waals surface area contributed by atoms with Crippen LogP contribution in [0.4, 0.5) is 10.1 Å². The predicted molar refractivity (Wildman–Crippen MR) is 163 cm³/mol. The summed E-state index contributed by atoms with van der Waals surface area (Å²) in [5, 5.41) is 3.46. The molecule has 0 aromatic heterocycles. The number of nitrogens with one attached hydrogen (secondary N) is 1. The van der Waals surface area contributed by atoms with Crippen molar-refractivity contribution < 1.29 is 27.1 Å². The van der Waals surface area contributed by atoms with Gasteiger partial charge in [-0.25, -0.2) is 12.8 Å². The first-order valence-corrected chi connectivity index (χ1v) is 15.7. The molecule has 0 spiro atoms. The van der Waals surface area contributed by atoms with E-state index in [0.29, 0.717) is 30.2 Å². The zero-order chi connectivity index (χ0) is 30.9. The second kappa shape index (κ2) is 15.0. The van der Waals surface area contributed by atoms with Crippen molar-refractivity contribution in [2.45, 2.75) is 64.1 Å². The van der Waals surface area contributed by atoms with Crippen molar-refractivity contribution in [1.29, 1.82) is 0 Å². The molecule has 0 radical (unpaired) electrons. The van der Waals surface area contributed by atoms with E-state index in [9.17, 15) is 22.4 Å². The van der Waals surface area contributed by atoms with Crippen LogP contribution in [-0.4, -0.2) is 50.4 Å². The van der Waals surface area contributed by atoms with Crippen LogP contribution in [0, 0.1) is 5.82 Å². The summed E-state index contributed by atoms with van der Waals surface area (Å²) in [5.41, 5.74) is 0.927. The largest absolute Gasteiger partial charge is 0.494 e. The van der Waals surface area contributed by atoms with Crippen molar-refractivity contribution in [2.24, 2.45) is 0 Å². The number of carbonyl (C=O) groups excluding carboxylic acids is 2. The topological polar surface area (TPSA) is 96.0 Å². The highest BCUT2D eigenvalue weighted by molar-refractivity contribution is 7.92. The lowest BCUT2D eigenvalue weighted by atomic mass is 10.1. The van der Waals surface area contributed by atoms with E-state index in [2.05, 4.69) is 5.32 Å². The van der Waals surface area contributed by atoms with Gasteiger partial charge in [-0.05, 0) is 92.9 Å². The Morgan fingerprint density at radius 2 is 1.55 bits per heavy atom. The van der Waals surface area contributed by atoms with Gasteiger partial charge in [0, 0.05) is 17.6 Å². The number of hydrogen-bond acceptors (Lipinski definition) is 5. The van der Waals surface area contributed by atoms with Crippen LogP contribution in [0.15, 0.2) is 77.7 Å². The summed E-state index contributed by atoms with van der Waals surface area (Å²) in [6.07, 6.45) is 1.00. The zero-order valence-corrected chi connectivity index (χ0v) is 25.8. The second-order valence-electron chi connectivity index (χ2n) is 9.78. The molecule has 2 amide bonds. The minimum absolute atomic E-state index is 0.0517. The molecule has 3 rings (SSSR count). The molecule has 3 aromatic rings. The summed E-state index contributed by atoms with van der Waals surface area (Å²) in [7, 11) is -4.32. The maximum absolute atomic E-state index is 14.1. The number of ether oxygens (including phenoxy) is 1. The van der Waals surface area contributed by atoms with Gasteiger partial charge in [0.15, 0.2) is 0 Å². The van der Waals surface area contributed by atoms with Gasteiger partial charge in [-0.3, -0.25) is 13.9 Å². The fraction of sp³-hybridized carbons (Fsp3) is 0.355. The lowest BCUT2D eigenvalue weighted by molar-refractivity contribution is -0.140. The molecule has 11 heteroatoms. The molecule has 0 saturated carbocycles. The number of anilines is 1. The second-order valence-corrected chi connectivity index (χ2v) is 12.1. The van der Waals surface area contributed by atoms with E-state index in [1.54, 1.807) is 43.3 Å². The monoisotopic (exact) mass is 617 g/mol. The molecule has 226 valence electrons. The van der Waals surface area contributed by atoms with E-state index in [4.69, 9.17) is 16.3 Å². The van der Waals surface area contributed by atoms with E-state index in [0.717, 1.165) is 34.1 Å². The van der Waals surface area contributed by atoms with Crippen molar-refractivity contribution in [3.63, 3.8) is 0 Å². The molecule has 1 N–H and O–H groups in total. The molecule has 0 fully saturated rings. The third-order valence-electron chi connectivity index (χ3n) is 6.77. The van der Waals surface area contributed by atoms with Crippen molar-refractivity contribution in [1.82, 2.24) is 10.2 Å². The highest BCUT2D eigenvalue weighted by Crippen LogP contribution is 2.27. The first-order chi connectivity index (χ1) is 20.0. The molecule has 0 aliphatic heterocycles.